The van der Waals surface area contributed by atoms with E-state index >= 15 is 0 Å². The van der Waals surface area contributed by atoms with Crippen molar-refractivity contribution in [3.8, 4) is 5.69 Å². The van der Waals surface area contributed by atoms with Gasteiger partial charge in [-0.3, -0.25) is 14.2 Å². The average molecular weight is 436 g/mol. The van der Waals surface area contributed by atoms with E-state index in [9.17, 15) is 14.0 Å². The Bertz CT molecular complexity index is 1150. The molecule has 0 spiro atoms. The lowest BCUT2D eigenvalue weighted by Gasteiger charge is -2.32. The number of aromatic nitrogens is 2. The van der Waals surface area contributed by atoms with Crippen molar-refractivity contribution in [2.45, 2.75) is 58.4 Å². The van der Waals surface area contributed by atoms with Crippen LogP contribution in [0.25, 0.3) is 16.6 Å². The van der Waals surface area contributed by atoms with Crippen molar-refractivity contribution in [1.29, 1.82) is 0 Å². The van der Waals surface area contributed by atoms with E-state index in [1.807, 2.05) is 30.0 Å². The largest absolute Gasteiger partial charge is 0.332 e. The molecule has 0 saturated heterocycles. The topological polar surface area (TPSA) is 55.2 Å². The van der Waals surface area contributed by atoms with Crippen LogP contribution in [-0.2, 0) is 4.79 Å². The molecule has 1 unspecified atom stereocenters. The second-order valence-electron chi connectivity index (χ2n) is 8.54. The van der Waals surface area contributed by atoms with Gasteiger partial charge in [-0.05, 0) is 62.1 Å². The van der Waals surface area contributed by atoms with Crippen molar-refractivity contribution < 1.29 is 9.18 Å². The van der Waals surface area contributed by atoms with Gasteiger partial charge >= 0.3 is 0 Å². The lowest BCUT2D eigenvalue weighted by atomic mass is 10.1. The van der Waals surface area contributed by atoms with E-state index in [2.05, 4.69) is 6.92 Å². The Morgan fingerprint density at radius 3 is 2.50 bits per heavy atom. The van der Waals surface area contributed by atoms with Gasteiger partial charge in [0.25, 0.3) is 5.56 Å². The molecular weight excluding hydrogens is 405 g/mol. The second kappa shape index (κ2) is 9.63. The zero-order valence-corrected chi connectivity index (χ0v) is 18.8. The first-order valence-corrected chi connectivity index (χ1v) is 11.6. The molecule has 32 heavy (non-hydrogen) atoms. The summed E-state index contributed by atoms with van der Waals surface area (Å²) in [6.07, 6.45) is 5.51. The average Bonchev–Trinajstić information content (AvgIpc) is 3.65. The van der Waals surface area contributed by atoms with Crippen LogP contribution < -0.4 is 5.56 Å². The van der Waals surface area contributed by atoms with Gasteiger partial charge in [-0.1, -0.05) is 38.8 Å². The molecule has 0 aliphatic heterocycles. The zero-order valence-electron chi connectivity index (χ0n) is 18.8. The van der Waals surface area contributed by atoms with E-state index in [1.54, 1.807) is 22.8 Å². The van der Waals surface area contributed by atoms with E-state index in [1.165, 1.54) is 12.1 Å². The molecule has 0 radical (unpaired) electrons. The van der Waals surface area contributed by atoms with Gasteiger partial charge in [0.1, 0.15) is 11.6 Å². The summed E-state index contributed by atoms with van der Waals surface area (Å²) in [5.41, 5.74) is 0.954. The van der Waals surface area contributed by atoms with Crippen molar-refractivity contribution in [1.82, 2.24) is 14.5 Å². The minimum atomic E-state index is -0.366. The number of halogens is 1. The van der Waals surface area contributed by atoms with Gasteiger partial charge in [-0.2, -0.15) is 0 Å². The number of hydrogen-bond donors (Lipinski definition) is 0. The van der Waals surface area contributed by atoms with Gasteiger partial charge in [-0.25, -0.2) is 9.37 Å². The summed E-state index contributed by atoms with van der Waals surface area (Å²) in [5.74, 6) is 0.403. The Balaban J connectivity index is 1.89. The number of unbranched alkanes of at least 4 members (excludes halogenated alkanes) is 2. The third-order valence-electron chi connectivity index (χ3n) is 6.16. The van der Waals surface area contributed by atoms with Crippen molar-refractivity contribution >= 4 is 16.8 Å². The van der Waals surface area contributed by atoms with E-state index in [0.29, 0.717) is 35.4 Å². The maximum absolute atomic E-state index is 13.6. The molecule has 1 heterocycles. The molecule has 6 heteroatoms. The van der Waals surface area contributed by atoms with Crippen LogP contribution in [0, 0.1) is 11.7 Å². The van der Waals surface area contributed by atoms with Gasteiger partial charge in [0.05, 0.1) is 22.6 Å². The molecule has 3 aromatic rings. The van der Waals surface area contributed by atoms with Gasteiger partial charge in [0.2, 0.25) is 5.91 Å². The maximum Gasteiger partial charge on any atom is 0.266 e. The van der Waals surface area contributed by atoms with Crippen LogP contribution in [0.5, 0.6) is 0 Å². The van der Waals surface area contributed by atoms with E-state index in [0.717, 1.165) is 32.1 Å². The van der Waals surface area contributed by atoms with Crippen molar-refractivity contribution in [2.75, 3.05) is 6.54 Å². The number of carbonyl (C=O) groups is 1. The third-order valence-corrected chi connectivity index (χ3v) is 6.16. The van der Waals surface area contributed by atoms with Crippen LogP contribution in [0.15, 0.2) is 53.3 Å². The number of para-hydroxylation sites is 1. The molecule has 1 fully saturated rings. The molecule has 1 aliphatic rings. The van der Waals surface area contributed by atoms with Crippen LogP contribution in [0.1, 0.15) is 64.2 Å². The molecule has 0 N–H and O–H groups in total. The Kier molecular flexibility index (Phi) is 6.68. The molecule has 1 aliphatic carbocycles. The zero-order chi connectivity index (χ0) is 22.7. The van der Waals surface area contributed by atoms with Gasteiger partial charge in [0.15, 0.2) is 0 Å². The summed E-state index contributed by atoms with van der Waals surface area (Å²) < 4.78 is 15.2. The van der Waals surface area contributed by atoms with Gasteiger partial charge < -0.3 is 4.90 Å². The van der Waals surface area contributed by atoms with Gasteiger partial charge in [0, 0.05) is 12.5 Å². The number of nitrogens with zero attached hydrogens (tertiary/aromatic N) is 3. The van der Waals surface area contributed by atoms with Crippen LogP contribution in [0.2, 0.25) is 0 Å². The summed E-state index contributed by atoms with van der Waals surface area (Å²) in [6.45, 7) is 4.81. The number of carbonyl (C=O) groups excluding carboxylic acids is 1. The lowest BCUT2D eigenvalue weighted by Crippen LogP contribution is -2.40. The minimum Gasteiger partial charge on any atom is -0.332 e. The number of amides is 1. The van der Waals surface area contributed by atoms with Crippen molar-refractivity contribution in [2.24, 2.45) is 5.92 Å². The maximum atomic E-state index is 13.6. The van der Waals surface area contributed by atoms with Crippen LogP contribution in [0.3, 0.4) is 0 Å². The smallest absolute Gasteiger partial charge is 0.266 e. The highest BCUT2D eigenvalue weighted by Crippen LogP contribution is 2.35. The fourth-order valence-electron chi connectivity index (χ4n) is 4.27. The first-order valence-electron chi connectivity index (χ1n) is 11.6. The van der Waals surface area contributed by atoms with Gasteiger partial charge in [-0.15, -0.1) is 0 Å². The summed E-state index contributed by atoms with van der Waals surface area (Å²) in [5, 5.41) is 0.501. The van der Waals surface area contributed by atoms with E-state index in [-0.39, 0.29) is 29.2 Å². The standard InChI is InChI=1S/C26H30FN3O2/c1-3-5-8-17-29(25(31)18-11-12-18)23(4-2)24-28-22-10-7-6-9-21(22)26(32)30(24)20-15-13-19(27)14-16-20/h6-7,9-10,13-16,18,23H,3-5,8,11-12,17H2,1-2H3. The fraction of sp³-hybridized carbons (Fsp3) is 0.423. The monoisotopic (exact) mass is 435 g/mol. The molecule has 0 bridgehead atoms. The Hall–Kier alpha value is -3.02. The van der Waals surface area contributed by atoms with Crippen molar-refractivity contribution in [3.63, 3.8) is 0 Å². The molecule has 4 rings (SSSR count). The van der Waals surface area contributed by atoms with Crippen LogP contribution in [0.4, 0.5) is 4.39 Å². The highest BCUT2D eigenvalue weighted by molar-refractivity contribution is 5.82. The number of rotatable bonds is 9. The SMILES string of the molecule is CCCCCN(C(=O)C1CC1)C(CC)c1nc2ccccc2c(=O)n1-c1ccc(F)cc1. The predicted octanol–water partition coefficient (Wildman–Crippen LogP) is 5.40. The molecule has 1 amide bonds. The first kappa shape index (κ1) is 22.2. The molecule has 168 valence electrons. The Morgan fingerprint density at radius 1 is 1.12 bits per heavy atom. The lowest BCUT2D eigenvalue weighted by molar-refractivity contribution is -0.135. The molecule has 1 saturated carbocycles. The number of hydrogen-bond acceptors (Lipinski definition) is 3. The normalized spacial score (nSPS) is 14.5. The third kappa shape index (κ3) is 4.45. The molecule has 5 nitrogen and oxygen atoms in total. The highest BCUT2D eigenvalue weighted by Gasteiger charge is 2.37. The predicted molar refractivity (Wildman–Crippen MR) is 124 cm³/mol. The van der Waals surface area contributed by atoms with E-state index in [4.69, 9.17) is 4.98 Å². The van der Waals surface area contributed by atoms with E-state index < -0.39 is 0 Å². The molecular formula is C26H30FN3O2. The Labute approximate surface area is 187 Å². The first-order chi connectivity index (χ1) is 15.5. The molecule has 2 aromatic carbocycles. The molecule has 1 aromatic heterocycles. The fourth-order valence-corrected chi connectivity index (χ4v) is 4.27. The molecule has 1 atom stereocenters. The summed E-state index contributed by atoms with van der Waals surface area (Å²) >= 11 is 0. The van der Waals surface area contributed by atoms with Crippen molar-refractivity contribution in [3.05, 3.63) is 70.5 Å². The number of fused-ring (bicyclic) bond motifs is 1. The second-order valence-corrected chi connectivity index (χ2v) is 8.54. The summed E-state index contributed by atoms with van der Waals surface area (Å²) in [4.78, 5) is 33.7. The van der Waals surface area contributed by atoms with Crippen LogP contribution >= 0.6 is 0 Å². The Morgan fingerprint density at radius 2 is 1.84 bits per heavy atom. The number of benzene rings is 2. The van der Waals surface area contributed by atoms with Crippen LogP contribution in [-0.4, -0.2) is 26.9 Å². The quantitative estimate of drug-likeness (QED) is 0.423. The summed E-state index contributed by atoms with van der Waals surface area (Å²) in [6, 6.07) is 12.8. The highest BCUT2D eigenvalue weighted by atomic mass is 19.1. The minimum absolute atomic E-state index is 0.0807. The summed E-state index contributed by atoms with van der Waals surface area (Å²) in [7, 11) is 0.